The Labute approximate surface area is 62.7 Å². The first-order chi connectivity index (χ1) is 5.00. The SMILES string of the molecule is C=C1C=CC(C(F)(F)F)=CC1. The van der Waals surface area contributed by atoms with E-state index in [1.54, 1.807) is 0 Å². The van der Waals surface area contributed by atoms with Crippen LogP contribution >= 0.6 is 0 Å². The summed E-state index contributed by atoms with van der Waals surface area (Å²) in [5.41, 5.74) is 0.128. The Hall–Kier alpha value is -0.990. The van der Waals surface area contributed by atoms with Crippen LogP contribution in [0, 0.1) is 0 Å². The van der Waals surface area contributed by atoms with Crippen molar-refractivity contribution >= 4 is 0 Å². The van der Waals surface area contributed by atoms with Gasteiger partial charge >= 0.3 is 6.18 Å². The second-order valence-corrected chi connectivity index (χ2v) is 2.35. The normalized spacial score (nSPS) is 18.5. The summed E-state index contributed by atoms with van der Waals surface area (Å²) in [4.78, 5) is 0. The second-order valence-electron chi connectivity index (χ2n) is 2.35. The molecule has 0 radical (unpaired) electrons. The van der Waals surface area contributed by atoms with Crippen LogP contribution in [-0.2, 0) is 0 Å². The van der Waals surface area contributed by atoms with Crippen molar-refractivity contribution in [1.29, 1.82) is 0 Å². The van der Waals surface area contributed by atoms with Crippen molar-refractivity contribution in [3.8, 4) is 0 Å². The Morgan fingerprint density at radius 2 is 1.91 bits per heavy atom. The van der Waals surface area contributed by atoms with Crippen LogP contribution < -0.4 is 0 Å². The van der Waals surface area contributed by atoms with Crippen LogP contribution in [0.2, 0.25) is 0 Å². The molecule has 0 atom stereocenters. The first-order valence-electron chi connectivity index (χ1n) is 3.13. The summed E-state index contributed by atoms with van der Waals surface area (Å²) in [5.74, 6) is 0. The molecule has 1 aliphatic carbocycles. The highest BCUT2D eigenvalue weighted by atomic mass is 19.4. The smallest absolute Gasteiger partial charge is 0.166 e. The zero-order chi connectivity index (χ0) is 8.48. The first-order valence-corrected chi connectivity index (χ1v) is 3.13. The summed E-state index contributed by atoms with van der Waals surface area (Å²) in [6.45, 7) is 3.53. The number of rotatable bonds is 0. The number of halogens is 3. The molecule has 0 aromatic heterocycles. The van der Waals surface area contributed by atoms with Gasteiger partial charge in [0.25, 0.3) is 0 Å². The maximum atomic E-state index is 11.9. The standard InChI is InChI=1S/C8H7F3/c1-6-2-4-7(5-3-6)8(9,10)11/h2,4-5H,1,3H2. The molecule has 0 bridgehead atoms. The minimum absolute atomic E-state index is 0.297. The fourth-order valence-corrected chi connectivity index (χ4v) is 0.795. The van der Waals surface area contributed by atoms with Crippen molar-refractivity contribution < 1.29 is 13.2 Å². The van der Waals surface area contributed by atoms with Gasteiger partial charge in [-0.1, -0.05) is 30.4 Å². The molecule has 0 unspecified atom stereocenters. The Bertz CT molecular complexity index is 230. The predicted octanol–water partition coefficient (Wildman–Crippen LogP) is 2.99. The zero-order valence-electron chi connectivity index (χ0n) is 5.78. The van der Waals surface area contributed by atoms with Crippen LogP contribution in [0.5, 0.6) is 0 Å². The lowest BCUT2D eigenvalue weighted by Gasteiger charge is -2.11. The van der Waals surface area contributed by atoms with Crippen LogP contribution in [-0.4, -0.2) is 6.18 Å². The Kier molecular flexibility index (Phi) is 1.89. The first kappa shape index (κ1) is 8.11. The molecule has 0 fully saturated rings. The van der Waals surface area contributed by atoms with Crippen molar-refractivity contribution in [2.75, 3.05) is 0 Å². The van der Waals surface area contributed by atoms with Crippen molar-refractivity contribution in [3.63, 3.8) is 0 Å². The van der Waals surface area contributed by atoms with Gasteiger partial charge in [0.2, 0.25) is 0 Å². The molecule has 0 amide bonds. The topological polar surface area (TPSA) is 0 Å². The quantitative estimate of drug-likeness (QED) is 0.511. The van der Waals surface area contributed by atoms with Gasteiger partial charge in [-0.15, -0.1) is 0 Å². The largest absolute Gasteiger partial charge is 0.416 e. The van der Waals surface area contributed by atoms with E-state index in [0.29, 0.717) is 12.0 Å². The van der Waals surface area contributed by atoms with E-state index in [9.17, 15) is 13.2 Å². The minimum Gasteiger partial charge on any atom is -0.166 e. The van der Waals surface area contributed by atoms with Gasteiger partial charge < -0.3 is 0 Å². The van der Waals surface area contributed by atoms with Crippen molar-refractivity contribution in [1.82, 2.24) is 0 Å². The third-order valence-corrected chi connectivity index (χ3v) is 1.41. The lowest BCUT2D eigenvalue weighted by Crippen LogP contribution is -2.11. The lowest BCUT2D eigenvalue weighted by molar-refractivity contribution is -0.0884. The molecular formula is C8H7F3. The van der Waals surface area contributed by atoms with Gasteiger partial charge in [-0.05, 0) is 6.42 Å². The van der Waals surface area contributed by atoms with E-state index in [1.165, 1.54) is 6.08 Å². The third-order valence-electron chi connectivity index (χ3n) is 1.41. The summed E-state index contributed by atoms with van der Waals surface area (Å²) in [7, 11) is 0. The number of allylic oxidation sites excluding steroid dienone is 5. The molecule has 3 heteroatoms. The molecular weight excluding hydrogens is 153 g/mol. The molecule has 1 rings (SSSR count). The number of alkyl halides is 3. The zero-order valence-corrected chi connectivity index (χ0v) is 5.78. The third kappa shape index (κ3) is 1.97. The maximum absolute atomic E-state index is 11.9. The van der Waals surface area contributed by atoms with Gasteiger partial charge in [-0.25, -0.2) is 0 Å². The fourth-order valence-electron chi connectivity index (χ4n) is 0.795. The van der Waals surface area contributed by atoms with Crippen molar-refractivity contribution in [2.45, 2.75) is 12.6 Å². The van der Waals surface area contributed by atoms with E-state index in [4.69, 9.17) is 0 Å². The van der Waals surface area contributed by atoms with Gasteiger partial charge in [0.05, 0.1) is 5.57 Å². The molecule has 0 N–H and O–H groups in total. The molecule has 0 saturated heterocycles. The van der Waals surface area contributed by atoms with E-state index in [0.717, 1.165) is 12.2 Å². The molecule has 1 aliphatic rings. The Morgan fingerprint density at radius 1 is 1.27 bits per heavy atom. The molecule has 60 valence electrons. The van der Waals surface area contributed by atoms with Gasteiger partial charge in [-0.3, -0.25) is 0 Å². The van der Waals surface area contributed by atoms with Gasteiger partial charge in [0.1, 0.15) is 0 Å². The Balaban J connectivity index is 2.79. The van der Waals surface area contributed by atoms with Crippen LogP contribution in [0.1, 0.15) is 6.42 Å². The predicted molar refractivity (Wildman–Crippen MR) is 37.0 cm³/mol. The van der Waals surface area contributed by atoms with Crippen LogP contribution in [0.3, 0.4) is 0 Å². The summed E-state index contributed by atoms with van der Waals surface area (Å²) in [6, 6.07) is 0. The number of hydrogen-bond donors (Lipinski definition) is 0. The Morgan fingerprint density at radius 3 is 2.27 bits per heavy atom. The van der Waals surface area contributed by atoms with Crippen LogP contribution in [0.4, 0.5) is 13.2 Å². The van der Waals surface area contributed by atoms with Crippen molar-refractivity contribution in [3.05, 3.63) is 36.0 Å². The van der Waals surface area contributed by atoms with E-state index in [-0.39, 0.29) is 0 Å². The summed E-state index contributed by atoms with van der Waals surface area (Å²) >= 11 is 0. The highest BCUT2D eigenvalue weighted by Crippen LogP contribution is 2.29. The highest BCUT2D eigenvalue weighted by molar-refractivity contribution is 5.36. The molecule has 0 spiro atoms. The molecule has 0 nitrogen and oxygen atoms in total. The molecule has 0 aliphatic heterocycles. The van der Waals surface area contributed by atoms with Crippen LogP contribution in [0.15, 0.2) is 36.0 Å². The molecule has 0 aromatic rings. The monoisotopic (exact) mass is 160 g/mol. The second kappa shape index (κ2) is 2.57. The van der Waals surface area contributed by atoms with Gasteiger partial charge in [-0.2, -0.15) is 13.2 Å². The van der Waals surface area contributed by atoms with Crippen LogP contribution in [0.25, 0.3) is 0 Å². The summed E-state index contributed by atoms with van der Waals surface area (Å²) in [6.07, 6.45) is -0.334. The average Bonchev–Trinajstić information content (AvgIpc) is 1.86. The maximum Gasteiger partial charge on any atom is 0.416 e. The summed E-state index contributed by atoms with van der Waals surface area (Å²) in [5, 5.41) is 0. The fraction of sp³-hybridized carbons (Fsp3) is 0.250. The summed E-state index contributed by atoms with van der Waals surface area (Å²) < 4.78 is 35.8. The average molecular weight is 160 g/mol. The highest BCUT2D eigenvalue weighted by Gasteiger charge is 2.32. The van der Waals surface area contributed by atoms with E-state index >= 15 is 0 Å². The molecule has 0 aromatic carbocycles. The lowest BCUT2D eigenvalue weighted by atomic mass is 10.0. The van der Waals surface area contributed by atoms with E-state index < -0.39 is 11.7 Å². The molecule has 11 heavy (non-hydrogen) atoms. The molecule has 0 heterocycles. The molecule has 0 saturated carbocycles. The van der Waals surface area contributed by atoms with Crippen molar-refractivity contribution in [2.24, 2.45) is 0 Å². The number of hydrogen-bond acceptors (Lipinski definition) is 0. The van der Waals surface area contributed by atoms with Gasteiger partial charge in [0.15, 0.2) is 0 Å². The van der Waals surface area contributed by atoms with E-state index in [1.807, 2.05) is 0 Å². The minimum atomic E-state index is -4.21. The van der Waals surface area contributed by atoms with E-state index in [2.05, 4.69) is 6.58 Å². The van der Waals surface area contributed by atoms with Gasteiger partial charge in [0, 0.05) is 0 Å².